The minimum Gasteiger partial charge on any atom is -0.370 e. The normalized spacial score (nSPS) is 11.2. The molecule has 1 heterocycles. The van der Waals surface area contributed by atoms with Crippen LogP contribution in [0.5, 0.6) is 0 Å². The van der Waals surface area contributed by atoms with Crippen LogP contribution >= 0.6 is 0 Å². The van der Waals surface area contributed by atoms with Crippen LogP contribution < -0.4 is 15.4 Å². The minimum atomic E-state index is -3.09. The largest absolute Gasteiger partial charge is 0.370 e. The summed E-state index contributed by atoms with van der Waals surface area (Å²) >= 11 is 0. The summed E-state index contributed by atoms with van der Waals surface area (Å²) in [7, 11) is -1.35. The second-order valence-corrected chi connectivity index (χ2v) is 5.30. The first-order chi connectivity index (χ1) is 8.01. The summed E-state index contributed by atoms with van der Waals surface area (Å²) in [5.74, 6) is 1.26. The third-order valence-corrected chi connectivity index (χ3v) is 2.63. The van der Waals surface area contributed by atoms with Gasteiger partial charge in [0, 0.05) is 26.3 Å². The maximum Gasteiger partial charge on any atom is 0.224 e. The minimum absolute atomic E-state index is 0.413. The van der Waals surface area contributed by atoms with Gasteiger partial charge in [-0.3, -0.25) is 0 Å². The molecule has 0 aromatic carbocycles. The molecule has 0 spiro atoms. The van der Waals surface area contributed by atoms with E-state index in [9.17, 15) is 8.42 Å². The zero-order valence-electron chi connectivity index (χ0n) is 9.90. The quantitative estimate of drug-likeness (QED) is 0.590. The van der Waals surface area contributed by atoms with E-state index in [-0.39, 0.29) is 0 Å². The third-order valence-electron chi connectivity index (χ3n) is 1.90. The molecule has 0 saturated carbocycles. The van der Waals surface area contributed by atoms with Crippen LogP contribution in [0, 0.1) is 0 Å². The summed E-state index contributed by atoms with van der Waals surface area (Å²) in [4.78, 5) is 8.15. The number of hydrogen-bond donors (Lipinski definition) is 3. The van der Waals surface area contributed by atoms with Gasteiger partial charge in [0.05, 0.1) is 6.26 Å². The molecule has 7 nitrogen and oxygen atoms in total. The Morgan fingerprint density at radius 1 is 1.35 bits per heavy atom. The summed E-state index contributed by atoms with van der Waals surface area (Å²) in [5.41, 5.74) is 0. The fourth-order valence-corrected chi connectivity index (χ4v) is 1.66. The molecule has 3 N–H and O–H groups in total. The van der Waals surface area contributed by atoms with Crippen LogP contribution in [0.1, 0.15) is 6.42 Å². The van der Waals surface area contributed by atoms with Crippen molar-refractivity contribution in [3.05, 3.63) is 12.3 Å². The molecular formula is C9H17N5O2S. The molecule has 0 unspecified atom stereocenters. The van der Waals surface area contributed by atoms with Gasteiger partial charge in [-0.2, -0.15) is 4.98 Å². The van der Waals surface area contributed by atoms with Crippen LogP contribution in [0.3, 0.4) is 0 Å². The fourth-order valence-electron chi connectivity index (χ4n) is 1.14. The van der Waals surface area contributed by atoms with E-state index in [0.29, 0.717) is 31.3 Å². The monoisotopic (exact) mass is 259 g/mol. The van der Waals surface area contributed by atoms with Crippen molar-refractivity contribution in [1.82, 2.24) is 14.7 Å². The topological polar surface area (TPSA) is 96.0 Å². The van der Waals surface area contributed by atoms with E-state index in [1.54, 1.807) is 19.3 Å². The first kappa shape index (κ1) is 13.7. The van der Waals surface area contributed by atoms with Crippen LogP contribution in [0.4, 0.5) is 11.8 Å². The molecule has 0 bridgehead atoms. The predicted molar refractivity (Wildman–Crippen MR) is 67.5 cm³/mol. The Balaban J connectivity index is 2.26. The summed E-state index contributed by atoms with van der Waals surface area (Å²) in [6.07, 6.45) is 3.48. The highest BCUT2D eigenvalue weighted by Crippen LogP contribution is 2.04. The first-order valence-corrected chi connectivity index (χ1v) is 7.10. The maximum absolute atomic E-state index is 10.8. The molecule has 0 aliphatic carbocycles. The lowest BCUT2D eigenvalue weighted by molar-refractivity contribution is 0.586. The van der Waals surface area contributed by atoms with E-state index in [1.807, 2.05) is 0 Å². The van der Waals surface area contributed by atoms with E-state index < -0.39 is 10.0 Å². The molecule has 0 aliphatic heterocycles. The molecule has 8 heteroatoms. The number of nitrogens with one attached hydrogen (secondary N) is 3. The Morgan fingerprint density at radius 3 is 2.76 bits per heavy atom. The highest BCUT2D eigenvalue weighted by molar-refractivity contribution is 7.88. The average Bonchev–Trinajstić information content (AvgIpc) is 2.27. The zero-order valence-corrected chi connectivity index (χ0v) is 10.7. The van der Waals surface area contributed by atoms with E-state index >= 15 is 0 Å². The molecule has 1 rings (SSSR count). The number of nitrogens with zero attached hydrogens (tertiary/aromatic N) is 2. The van der Waals surface area contributed by atoms with Crippen LogP contribution in [-0.4, -0.2) is 44.8 Å². The number of aromatic nitrogens is 2. The lowest BCUT2D eigenvalue weighted by atomic mass is 10.4. The Kier molecular flexibility index (Phi) is 5.11. The van der Waals surface area contributed by atoms with Gasteiger partial charge in [-0.25, -0.2) is 18.1 Å². The maximum atomic E-state index is 10.8. The van der Waals surface area contributed by atoms with Crippen LogP contribution in [0.15, 0.2) is 12.3 Å². The molecule has 1 aromatic rings. The number of anilines is 2. The smallest absolute Gasteiger partial charge is 0.224 e. The Bertz CT molecular complexity index is 448. The Hall–Kier alpha value is -1.41. The van der Waals surface area contributed by atoms with Gasteiger partial charge < -0.3 is 10.6 Å². The first-order valence-electron chi connectivity index (χ1n) is 5.20. The third kappa shape index (κ3) is 6.03. The van der Waals surface area contributed by atoms with Gasteiger partial charge in [0.25, 0.3) is 0 Å². The molecule has 0 amide bonds. The van der Waals surface area contributed by atoms with E-state index in [2.05, 4.69) is 25.3 Å². The van der Waals surface area contributed by atoms with Crippen molar-refractivity contribution in [3.63, 3.8) is 0 Å². The molecule has 0 atom stereocenters. The Labute approximate surface area is 101 Å². The van der Waals surface area contributed by atoms with Crippen molar-refractivity contribution < 1.29 is 8.42 Å². The van der Waals surface area contributed by atoms with Crippen molar-refractivity contribution in [3.8, 4) is 0 Å². The van der Waals surface area contributed by atoms with Gasteiger partial charge >= 0.3 is 0 Å². The van der Waals surface area contributed by atoms with Crippen LogP contribution in [-0.2, 0) is 10.0 Å². The average molecular weight is 259 g/mol. The van der Waals surface area contributed by atoms with Gasteiger partial charge in [-0.15, -0.1) is 0 Å². The van der Waals surface area contributed by atoms with Crippen molar-refractivity contribution in [1.29, 1.82) is 0 Å². The van der Waals surface area contributed by atoms with Crippen molar-refractivity contribution in [2.75, 3.05) is 37.0 Å². The second kappa shape index (κ2) is 6.36. The highest BCUT2D eigenvalue weighted by Gasteiger charge is 1.99. The zero-order chi connectivity index (χ0) is 12.7. The lowest BCUT2D eigenvalue weighted by Crippen LogP contribution is -2.24. The summed E-state index contributed by atoms with van der Waals surface area (Å²) < 4.78 is 24.0. The van der Waals surface area contributed by atoms with Gasteiger partial charge in [-0.1, -0.05) is 0 Å². The molecule has 1 aromatic heterocycles. The van der Waals surface area contributed by atoms with Gasteiger partial charge in [-0.05, 0) is 12.5 Å². The van der Waals surface area contributed by atoms with E-state index in [4.69, 9.17) is 0 Å². The molecular weight excluding hydrogens is 242 g/mol. The molecule has 0 aliphatic rings. The van der Waals surface area contributed by atoms with E-state index in [1.165, 1.54) is 0 Å². The molecule has 0 radical (unpaired) electrons. The van der Waals surface area contributed by atoms with Gasteiger partial charge in [0.1, 0.15) is 5.82 Å². The molecule has 17 heavy (non-hydrogen) atoms. The number of rotatable bonds is 7. The van der Waals surface area contributed by atoms with Crippen molar-refractivity contribution >= 4 is 21.8 Å². The number of sulfonamides is 1. The van der Waals surface area contributed by atoms with Crippen LogP contribution in [0.25, 0.3) is 0 Å². The number of hydrogen-bond acceptors (Lipinski definition) is 6. The summed E-state index contributed by atoms with van der Waals surface area (Å²) in [6.45, 7) is 1.05. The summed E-state index contributed by atoms with van der Waals surface area (Å²) in [5, 5.41) is 5.91. The lowest BCUT2D eigenvalue weighted by Gasteiger charge is -2.06. The Morgan fingerprint density at radius 2 is 2.12 bits per heavy atom. The fraction of sp³-hybridized carbons (Fsp3) is 0.556. The standard InChI is InChI=1S/C9H17N5O2S/c1-10-9-12-7-4-8(14-9)11-5-3-6-13-17(2,15)16/h4,7,13H,3,5-6H2,1-2H3,(H2,10,11,12,14). The second-order valence-electron chi connectivity index (χ2n) is 3.46. The van der Waals surface area contributed by atoms with E-state index in [0.717, 1.165) is 6.26 Å². The van der Waals surface area contributed by atoms with Crippen molar-refractivity contribution in [2.45, 2.75) is 6.42 Å². The van der Waals surface area contributed by atoms with Crippen LogP contribution in [0.2, 0.25) is 0 Å². The molecule has 0 saturated heterocycles. The highest BCUT2D eigenvalue weighted by atomic mass is 32.2. The molecule has 0 fully saturated rings. The van der Waals surface area contributed by atoms with Crippen molar-refractivity contribution in [2.24, 2.45) is 0 Å². The SMILES string of the molecule is CNc1nccc(NCCCNS(C)(=O)=O)n1. The summed E-state index contributed by atoms with van der Waals surface area (Å²) in [6, 6.07) is 1.75. The van der Waals surface area contributed by atoms with Gasteiger partial charge in [0.15, 0.2) is 0 Å². The predicted octanol–water partition coefficient (Wildman–Crippen LogP) is -0.130. The molecule has 96 valence electrons. The van der Waals surface area contributed by atoms with Gasteiger partial charge in [0.2, 0.25) is 16.0 Å².